The predicted octanol–water partition coefficient (Wildman–Crippen LogP) is 0.871. The van der Waals surface area contributed by atoms with Crippen molar-refractivity contribution in [3.63, 3.8) is 0 Å². The van der Waals surface area contributed by atoms with Crippen LogP contribution in [0.3, 0.4) is 0 Å². The summed E-state index contributed by atoms with van der Waals surface area (Å²) in [6, 6.07) is 0. The lowest BCUT2D eigenvalue weighted by Crippen LogP contribution is -2.39. The van der Waals surface area contributed by atoms with Crippen molar-refractivity contribution in [3.8, 4) is 0 Å². The maximum absolute atomic E-state index is 11.8. The smallest absolute Gasteiger partial charge is 0.234 e. The molecule has 0 aromatic rings. The molecule has 2 saturated heterocycles. The third kappa shape index (κ3) is 4.28. The third-order valence-electron chi connectivity index (χ3n) is 3.72. The van der Waals surface area contributed by atoms with Gasteiger partial charge in [-0.05, 0) is 37.6 Å². The maximum atomic E-state index is 11.8. The van der Waals surface area contributed by atoms with Crippen molar-refractivity contribution < 1.29 is 9.53 Å². The van der Waals surface area contributed by atoms with Crippen LogP contribution in [0, 0.1) is 11.8 Å². The molecule has 0 aliphatic carbocycles. The van der Waals surface area contributed by atoms with Crippen molar-refractivity contribution in [2.45, 2.75) is 26.2 Å². The van der Waals surface area contributed by atoms with Crippen molar-refractivity contribution >= 4 is 5.91 Å². The zero-order valence-corrected chi connectivity index (χ0v) is 10.8. The first-order valence-corrected chi connectivity index (χ1v) is 6.81. The zero-order chi connectivity index (χ0) is 12.1. The van der Waals surface area contributed by atoms with E-state index in [1.807, 2.05) is 0 Å². The van der Waals surface area contributed by atoms with Crippen molar-refractivity contribution in [1.82, 2.24) is 10.2 Å². The number of nitrogens with one attached hydrogen (secondary N) is 1. The van der Waals surface area contributed by atoms with Crippen LogP contribution in [0.25, 0.3) is 0 Å². The van der Waals surface area contributed by atoms with Crippen LogP contribution in [0.1, 0.15) is 26.2 Å². The molecule has 4 heteroatoms. The minimum atomic E-state index is 0.171. The largest absolute Gasteiger partial charge is 0.381 e. The van der Waals surface area contributed by atoms with Crippen LogP contribution >= 0.6 is 0 Å². The van der Waals surface area contributed by atoms with Gasteiger partial charge in [-0.25, -0.2) is 0 Å². The minimum Gasteiger partial charge on any atom is -0.381 e. The van der Waals surface area contributed by atoms with Gasteiger partial charge in [0, 0.05) is 19.7 Å². The van der Waals surface area contributed by atoms with Crippen LogP contribution in [0.2, 0.25) is 0 Å². The molecule has 2 heterocycles. The molecule has 0 aromatic heterocycles. The number of ether oxygens (including phenoxy) is 1. The van der Waals surface area contributed by atoms with E-state index in [-0.39, 0.29) is 5.91 Å². The highest BCUT2D eigenvalue weighted by Crippen LogP contribution is 2.14. The quantitative estimate of drug-likeness (QED) is 0.793. The average molecular weight is 240 g/mol. The molecule has 2 aliphatic heterocycles. The van der Waals surface area contributed by atoms with E-state index in [0.717, 1.165) is 45.2 Å². The summed E-state index contributed by atoms with van der Waals surface area (Å²) in [5.41, 5.74) is 0. The number of carbonyl (C=O) groups excluding carboxylic acids is 1. The molecular formula is C13H24N2O2. The highest BCUT2D eigenvalue weighted by Gasteiger charge is 2.21. The molecule has 1 N–H and O–H groups in total. The Labute approximate surface area is 104 Å². The molecule has 2 rings (SSSR count). The SMILES string of the molecule is C[C@H]1CCN(CC(=O)NC[C@@H]2CCCOC2)C1. The number of rotatable bonds is 4. The monoisotopic (exact) mass is 240 g/mol. The lowest BCUT2D eigenvalue weighted by atomic mass is 10.0. The Morgan fingerprint density at radius 1 is 1.47 bits per heavy atom. The summed E-state index contributed by atoms with van der Waals surface area (Å²) in [6.07, 6.45) is 3.54. The van der Waals surface area contributed by atoms with Crippen LogP contribution in [-0.2, 0) is 9.53 Å². The van der Waals surface area contributed by atoms with E-state index in [0.29, 0.717) is 12.5 Å². The number of likely N-dealkylation sites (tertiary alicyclic amines) is 1. The van der Waals surface area contributed by atoms with E-state index >= 15 is 0 Å². The molecular weight excluding hydrogens is 216 g/mol. The Hall–Kier alpha value is -0.610. The first kappa shape index (κ1) is 12.8. The van der Waals surface area contributed by atoms with Gasteiger partial charge in [-0.1, -0.05) is 6.92 Å². The van der Waals surface area contributed by atoms with Crippen molar-refractivity contribution in [2.24, 2.45) is 11.8 Å². The Balaban J connectivity index is 1.60. The number of carbonyl (C=O) groups is 1. The fraction of sp³-hybridized carbons (Fsp3) is 0.923. The van der Waals surface area contributed by atoms with Gasteiger partial charge in [0.2, 0.25) is 5.91 Å². The Kier molecular flexibility index (Phi) is 4.80. The molecule has 0 bridgehead atoms. The van der Waals surface area contributed by atoms with Crippen LogP contribution in [0.4, 0.5) is 0 Å². The summed E-state index contributed by atoms with van der Waals surface area (Å²) in [7, 11) is 0. The summed E-state index contributed by atoms with van der Waals surface area (Å²) >= 11 is 0. The molecule has 98 valence electrons. The van der Waals surface area contributed by atoms with Crippen molar-refractivity contribution in [3.05, 3.63) is 0 Å². The molecule has 4 nitrogen and oxygen atoms in total. The first-order chi connectivity index (χ1) is 8.24. The minimum absolute atomic E-state index is 0.171. The first-order valence-electron chi connectivity index (χ1n) is 6.81. The second-order valence-corrected chi connectivity index (χ2v) is 5.52. The van der Waals surface area contributed by atoms with Gasteiger partial charge in [0.05, 0.1) is 13.2 Å². The molecule has 1 amide bonds. The summed E-state index contributed by atoms with van der Waals surface area (Å²) in [5, 5.41) is 3.03. The molecule has 17 heavy (non-hydrogen) atoms. The Morgan fingerprint density at radius 2 is 2.35 bits per heavy atom. The van der Waals surface area contributed by atoms with E-state index in [1.54, 1.807) is 0 Å². The summed E-state index contributed by atoms with van der Waals surface area (Å²) in [6.45, 7) is 7.43. The second kappa shape index (κ2) is 6.36. The number of amides is 1. The molecule has 2 atom stereocenters. The van der Waals surface area contributed by atoms with E-state index in [2.05, 4.69) is 17.1 Å². The average Bonchev–Trinajstić information content (AvgIpc) is 2.73. The molecule has 0 spiro atoms. The van der Waals surface area contributed by atoms with Gasteiger partial charge in [0.25, 0.3) is 0 Å². The van der Waals surface area contributed by atoms with Crippen LogP contribution < -0.4 is 5.32 Å². The fourth-order valence-corrected chi connectivity index (χ4v) is 2.66. The predicted molar refractivity (Wildman–Crippen MR) is 66.8 cm³/mol. The van der Waals surface area contributed by atoms with E-state index in [9.17, 15) is 4.79 Å². The van der Waals surface area contributed by atoms with Crippen LogP contribution in [0.5, 0.6) is 0 Å². The summed E-state index contributed by atoms with van der Waals surface area (Å²) in [5.74, 6) is 1.43. The van der Waals surface area contributed by atoms with E-state index in [4.69, 9.17) is 4.74 Å². The van der Waals surface area contributed by atoms with E-state index < -0.39 is 0 Å². The topological polar surface area (TPSA) is 41.6 Å². The van der Waals surface area contributed by atoms with Gasteiger partial charge in [0.1, 0.15) is 0 Å². The standard InChI is InChI=1S/C13H24N2O2/c1-11-4-5-15(8-11)9-13(16)14-7-12-3-2-6-17-10-12/h11-12H,2-10H2,1H3,(H,14,16)/t11-,12-/m0/s1. The molecule has 2 aliphatic rings. The van der Waals surface area contributed by atoms with Gasteiger partial charge >= 0.3 is 0 Å². The third-order valence-corrected chi connectivity index (χ3v) is 3.72. The maximum Gasteiger partial charge on any atom is 0.234 e. The normalized spacial score (nSPS) is 30.4. The van der Waals surface area contributed by atoms with Gasteiger partial charge in [0.15, 0.2) is 0 Å². The highest BCUT2D eigenvalue weighted by molar-refractivity contribution is 5.78. The molecule has 2 fully saturated rings. The lowest BCUT2D eigenvalue weighted by molar-refractivity contribution is -0.122. The molecule has 0 aromatic carbocycles. The van der Waals surface area contributed by atoms with Gasteiger partial charge in [-0.3, -0.25) is 9.69 Å². The van der Waals surface area contributed by atoms with Crippen LogP contribution in [-0.4, -0.2) is 50.2 Å². The van der Waals surface area contributed by atoms with Crippen LogP contribution in [0.15, 0.2) is 0 Å². The Morgan fingerprint density at radius 3 is 3.00 bits per heavy atom. The van der Waals surface area contributed by atoms with E-state index in [1.165, 1.54) is 12.8 Å². The van der Waals surface area contributed by atoms with Crippen molar-refractivity contribution in [2.75, 3.05) is 39.4 Å². The number of hydrogen-bond donors (Lipinski definition) is 1. The lowest BCUT2D eigenvalue weighted by Gasteiger charge is -2.23. The fourth-order valence-electron chi connectivity index (χ4n) is 2.66. The molecule has 0 unspecified atom stereocenters. The molecule has 0 radical (unpaired) electrons. The zero-order valence-electron chi connectivity index (χ0n) is 10.8. The van der Waals surface area contributed by atoms with Gasteiger partial charge in [-0.2, -0.15) is 0 Å². The number of nitrogens with zero attached hydrogens (tertiary/aromatic N) is 1. The number of hydrogen-bond acceptors (Lipinski definition) is 3. The summed E-state index contributed by atoms with van der Waals surface area (Å²) < 4.78 is 5.40. The highest BCUT2D eigenvalue weighted by atomic mass is 16.5. The van der Waals surface area contributed by atoms with Crippen molar-refractivity contribution in [1.29, 1.82) is 0 Å². The van der Waals surface area contributed by atoms with Gasteiger partial charge < -0.3 is 10.1 Å². The summed E-state index contributed by atoms with van der Waals surface area (Å²) in [4.78, 5) is 14.0. The second-order valence-electron chi connectivity index (χ2n) is 5.52. The molecule has 0 saturated carbocycles. The van der Waals surface area contributed by atoms with Gasteiger partial charge in [-0.15, -0.1) is 0 Å². The Bertz CT molecular complexity index is 252.